The highest BCUT2D eigenvalue weighted by atomic mass is 16.5. The lowest BCUT2D eigenvalue weighted by Gasteiger charge is -2.41. The minimum atomic E-state index is 0. The first-order chi connectivity index (χ1) is 16.7. The van der Waals surface area contributed by atoms with Gasteiger partial charge in [-0.1, -0.05) is 49.9 Å². The summed E-state index contributed by atoms with van der Waals surface area (Å²) in [4.78, 5) is 2.55. The molecule has 6 rings (SSSR count). The zero-order chi connectivity index (χ0) is 23.2. The van der Waals surface area contributed by atoms with Crippen molar-refractivity contribution in [1.82, 2.24) is 9.47 Å². The van der Waals surface area contributed by atoms with Gasteiger partial charge in [0.05, 0.1) is 12.6 Å². The van der Waals surface area contributed by atoms with Gasteiger partial charge in [0.15, 0.2) is 11.5 Å². The minimum Gasteiger partial charge on any atom is -0.493 e. The molecule has 35 heavy (non-hydrogen) atoms. The highest BCUT2D eigenvalue weighted by Gasteiger charge is 2.35. The Labute approximate surface area is 207 Å². The van der Waals surface area contributed by atoms with E-state index in [4.69, 9.17) is 9.47 Å². The molecule has 0 fully saturated rings. The molecular weight excluding hydrogens is 436 g/mol. The number of aromatic nitrogens is 1. The minimum absolute atomic E-state index is 0. The quantitative estimate of drug-likeness (QED) is 0.402. The first kappa shape index (κ1) is 23.5. The first-order valence-electron chi connectivity index (χ1n) is 12.0. The normalized spacial score (nSPS) is 16.7. The second-order valence-corrected chi connectivity index (χ2v) is 9.43. The molecule has 1 aromatic heterocycles. The number of aliphatic hydroxyl groups is 1. The molecule has 0 bridgehead atoms. The van der Waals surface area contributed by atoms with Crippen LogP contribution < -0.4 is 9.47 Å². The summed E-state index contributed by atoms with van der Waals surface area (Å²) in [5.41, 5.74) is 8.77. The number of ether oxygens (including phenoxy) is 2. The van der Waals surface area contributed by atoms with E-state index in [-0.39, 0.29) is 14.2 Å². The van der Waals surface area contributed by atoms with Crippen molar-refractivity contribution in [3.63, 3.8) is 0 Å². The van der Waals surface area contributed by atoms with Gasteiger partial charge in [-0.25, -0.2) is 0 Å². The average Bonchev–Trinajstić information content (AvgIpc) is 3.17. The molecule has 3 aromatic carbocycles. The molecule has 1 atom stereocenters. The van der Waals surface area contributed by atoms with Gasteiger partial charge in [-0.3, -0.25) is 4.90 Å². The largest absolute Gasteiger partial charge is 0.493 e. The molecule has 182 valence electrons. The molecule has 2 aliphatic heterocycles. The Balaban J connectivity index is 0.00000253. The number of hydrogen-bond donors (Lipinski definition) is 1. The van der Waals surface area contributed by atoms with Crippen molar-refractivity contribution in [1.29, 1.82) is 0 Å². The summed E-state index contributed by atoms with van der Waals surface area (Å²) < 4.78 is 14.1. The maximum atomic E-state index is 10.2. The fourth-order valence-electron chi connectivity index (χ4n) is 5.74. The molecule has 0 amide bonds. The number of methoxy groups -OCH3 is 1. The van der Waals surface area contributed by atoms with E-state index in [1.54, 1.807) is 7.11 Å². The van der Waals surface area contributed by atoms with Crippen LogP contribution in [0.2, 0.25) is 0 Å². The Kier molecular flexibility index (Phi) is 6.30. The third-order valence-electron chi connectivity index (χ3n) is 7.47. The van der Waals surface area contributed by atoms with Crippen molar-refractivity contribution in [3.05, 3.63) is 94.2 Å². The number of benzene rings is 3. The zero-order valence-corrected chi connectivity index (χ0v) is 19.8. The Morgan fingerprint density at radius 1 is 1.03 bits per heavy atom. The van der Waals surface area contributed by atoms with Crippen molar-refractivity contribution in [2.75, 3.05) is 13.7 Å². The van der Waals surface area contributed by atoms with Gasteiger partial charge in [-0.2, -0.15) is 0 Å². The van der Waals surface area contributed by atoms with Gasteiger partial charge in [-0.15, -0.1) is 0 Å². The summed E-state index contributed by atoms with van der Waals surface area (Å²) in [6.07, 6.45) is 1.91. The highest BCUT2D eigenvalue weighted by Crippen LogP contribution is 2.44. The van der Waals surface area contributed by atoms with Crippen molar-refractivity contribution in [3.8, 4) is 11.5 Å². The van der Waals surface area contributed by atoms with Crippen LogP contribution in [0.15, 0.2) is 60.7 Å². The third-order valence-corrected chi connectivity index (χ3v) is 7.47. The second kappa shape index (κ2) is 9.40. The van der Waals surface area contributed by atoms with Gasteiger partial charge >= 0.3 is 0 Å². The van der Waals surface area contributed by atoms with Crippen molar-refractivity contribution in [2.45, 2.75) is 53.1 Å². The number of aryl methyl sites for hydroxylation is 1. The Morgan fingerprint density at radius 2 is 1.86 bits per heavy atom. The van der Waals surface area contributed by atoms with E-state index in [0.29, 0.717) is 12.6 Å². The second-order valence-electron chi connectivity index (χ2n) is 9.43. The van der Waals surface area contributed by atoms with E-state index in [1.807, 2.05) is 18.2 Å². The van der Waals surface area contributed by atoms with E-state index in [9.17, 15) is 5.11 Å². The lowest BCUT2D eigenvalue weighted by Crippen LogP contribution is -2.39. The Hall–Kier alpha value is -3.28. The smallest absolute Gasteiger partial charge is 0.162 e. The molecule has 1 unspecified atom stereocenters. The van der Waals surface area contributed by atoms with E-state index >= 15 is 0 Å². The lowest BCUT2D eigenvalue weighted by molar-refractivity contribution is 0.145. The number of fused-ring (bicyclic) bond motifs is 6. The lowest BCUT2D eigenvalue weighted by atomic mass is 9.85. The van der Waals surface area contributed by atoms with Crippen LogP contribution in [0.1, 0.15) is 47.0 Å². The standard InChI is InChI=1S/C29H30N2O3.CH4/c1-19-8-9-22-24-14-25-23-15-29(34-17-20-6-4-3-5-7-20)28(33-2)13-21(23)10-11-30(25)16-27(24)31(18-32)26(22)12-19;/h3-9,12-13,15,25,32H,10-11,14,16-18H2,1-2H3;1H4. The van der Waals surface area contributed by atoms with Crippen molar-refractivity contribution in [2.24, 2.45) is 0 Å². The summed E-state index contributed by atoms with van der Waals surface area (Å²) in [7, 11) is 1.71. The SMILES string of the molecule is C.COc1cc2c(cc1OCc1ccccc1)C1Cc3c(n(CO)c4cc(C)ccc34)CN1CC2. The molecule has 0 saturated carbocycles. The van der Waals surface area contributed by atoms with Gasteiger partial charge < -0.3 is 19.1 Å². The molecule has 0 spiro atoms. The van der Waals surface area contributed by atoms with Crippen LogP contribution in [0.3, 0.4) is 0 Å². The Morgan fingerprint density at radius 3 is 2.63 bits per heavy atom. The highest BCUT2D eigenvalue weighted by molar-refractivity contribution is 5.86. The molecule has 0 aliphatic carbocycles. The van der Waals surface area contributed by atoms with Crippen molar-refractivity contribution >= 4 is 10.9 Å². The van der Waals surface area contributed by atoms with Crippen LogP contribution in [0, 0.1) is 6.92 Å². The fourth-order valence-corrected chi connectivity index (χ4v) is 5.74. The van der Waals surface area contributed by atoms with Crippen LogP contribution in [0.5, 0.6) is 11.5 Å². The molecule has 5 heteroatoms. The molecule has 4 aromatic rings. The molecule has 2 aliphatic rings. The van der Waals surface area contributed by atoms with Crippen LogP contribution in [0.25, 0.3) is 10.9 Å². The topological polar surface area (TPSA) is 46.9 Å². The summed E-state index contributed by atoms with van der Waals surface area (Å²) in [5, 5.41) is 11.4. The monoisotopic (exact) mass is 470 g/mol. The number of nitrogens with zero attached hydrogens (tertiary/aromatic N) is 2. The summed E-state index contributed by atoms with van der Waals surface area (Å²) >= 11 is 0. The van der Waals surface area contributed by atoms with E-state index in [1.165, 1.54) is 33.3 Å². The molecule has 3 heterocycles. The van der Waals surface area contributed by atoms with Gasteiger partial charge in [0.1, 0.15) is 13.3 Å². The van der Waals surface area contributed by atoms with Gasteiger partial charge in [0.25, 0.3) is 0 Å². The van der Waals surface area contributed by atoms with E-state index < -0.39 is 0 Å². The van der Waals surface area contributed by atoms with Crippen LogP contribution in [-0.2, 0) is 32.7 Å². The first-order valence-corrected chi connectivity index (χ1v) is 12.0. The predicted molar refractivity (Wildman–Crippen MR) is 140 cm³/mol. The van der Waals surface area contributed by atoms with Crippen LogP contribution in [-0.4, -0.2) is 28.2 Å². The number of aliphatic hydroxyl groups excluding tert-OH is 1. The average molecular weight is 471 g/mol. The van der Waals surface area contributed by atoms with Crippen LogP contribution >= 0.6 is 0 Å². The van der Waals surface area contributed by atoms with Gasteiger partial charge in [0, 0.05) is 30.2 Å². The van der Waals surface area contributed by atoms with Crippen molar-refractivity contribution < 1.29 is 14.6 Å². The van der Waals surface area contributed by atoms with Crippen LogP contribution in [0.4, 0.5) is 0 Å². The summed E-state index contributed by atoms with van der Waals surface area (Å²) in [6.45, 7) is 4.48. The summed E-state index contributed by atoms with van der Waals surface area (Å²) in [5.74, 6) is 1.60. The molecule has 0 saturated heterocycles. The molecule has 1 N–H and O–H groups in total. The predicted octanol–water partition coefficient (Wildman–Crippen LogP) is 5.78. The van der Waals surface area contributed by atoms with E-state index in [0.717, 1.165) is 48.5 Å². The zero-order valence-electron chi connectivity index (χ0n) is 19.8. The van der Waals surface area contributed by atoms with Gasteiger partial charge in [-0.05, 0) is 65.8 Å². The molecule has 0 radical (unpaired) electrons. The fraction of sp³-hybridized carbons (Fsp3) is 0.333. The summed E-state index contributed by atoms with van der Waals surface area (Å²) in [6, 6.07) is 21.5. The molecule has 5 nitrogen and oxygen atoms in total. The number of hydrogen-bond acceptors (Lipinski definition) is 4. The number of rotatable bonds is 5. The maximum absolute atomic E-state index is 10.2. The maximum Gasteiger partial charge on any atom is 0.162 e. The van der Waals surface area contributed by atoms with E-state index in [2.05, 4.69) is 58.9 Å². The third kappa shape index (κ3) is 3.99. The van der Waals surface area contributed by atoms with Gasteiger partial charge in [0.2, 0.25) is 0 Å². The Bertz CT molecular complexity index is 1360. The molecular formula is C30H34N2O3.